The highest BCUT2D eigenvalue weighted by Crippen LogP contribution is 1.97. The van der Waals surface area contributed by atoms with Crippen molar-refractivity contribution in [3.8, 4) is 0 Å². The van der Waals surface area contributed by atoms with E-state index >= 15 is 0 Å². The van der Waals surface area contributed by atoms with E-state index < -0.39 is 0 Å². The van der Waals surface area contributed by atoms with Crippen LogP contribution in [-0.2, 0) is 6.42 Å². The van der Waals surface area contributed by atoms with E-state index in [2.05, 4.69) is 16.7 Å². The highest BCUT2D eigenvalue weighted by atomic mass is 16.2. The van der Waals surface area contributed by atoms with Crippen molar-refractivity contribution in [2.45, 2.75) is 26.3 Å². The molecule has 0 aliphatic rings. The van der Waals surface area contributed by atoms with Crippen LogP contribution in [0.15, 0.2) is 24.3 Å². The molecule has 0 aliphatic carbocycles. The largest absolute Gasteiger partial charge is 0.338 e. The summed E-state index contributed by atoms with van der Waals surface area (Å²) in [5.41, 5.74) is 1.21. The van der Waals surface area contributed by atoms with Crippen molar-refractivity contribution in [3.05, 3.63) is 35.9 Å². The first kappa shape index (κ1) is 11.6. The minimum absolute atomic E-state index is 0.104. The van der Waals surface area contributed by atoms with Crippen LogP contribution >= 0.6 is 0 Å². The Hall–Kier alpha value is -1.51. The number of benzene rings is 1. The predicted molar refractivity (Wildman–Crippen MR) is 60.7 cm³/mol. The summed E-state index contributed by atoms with van der Waals surface area (Å²) >= 11 is 0. The van der Waals surface area contributed by atoms with E-state index in [-0.39, 0.29) is 12.1 Å². The van der Waals surface area contributed by atoms with Crippen molar-refractivity contribution in [1.82, 2.24) is 10.6 Å². The van der Waals surface area contributed by atoms with Gasteiger partial charge in [-0.15, -0.1) is 0 Å². The van der Waals surface area contributed by atoms with Crippen molar-refractivity contribution in [2.24, 2.45) is 0 Å². The Bertz CT molecular complexity index is 296. The number of nitrogens with one attached hydrogen (secondary N) is 2. The molecule has 0 aromatic heterocycles. The molecule has 1 radical (unpaired) electrons. The molecule has 0 saturated carbocycles. The Balaban J connectivity index is 2.19. The summed E-state index contributed by atoms with van der Waals surface area (Å²) in [6.45, 7) is 4.53. The third-order valence-corrected chi connectivity index (χ3v) is 1.91. The number of carbonyl (C=O) groups excluding carboxylic acids is 1. The summed E-state index contributed by atoms with van der Waals surface area (Å²) in [5.74, 6) is 0. The summed E-state index contributed by atoms with van der Waals surface area (Å²) in [7, 11) is 0. The highest BCUT2D eigenvalue weighted by molar-refractivity contribution is 5.74. The molecule has 0 bridgehead atoms. The fraction of sp³-hybridized carbons (Fsp3) is 0.417. The summed E-state index contributed by atoms with van der Waals surface area (Å²) in [5, 5.41) is 5.58. The van der Waals surface area contributed by atoms with Crippen LogP contribution in [0.1, 0.15) is 19.4 Å². The van der Waals surface area contributed by atoms with Crippen molar-refractivity contribution in [3.63, 3.8) is 0 Å². The van der Waals surface area contributed by atoms with Gasteiger partial charge in [0.1, 0.15) is 0 Å². The summed E-state index contributed by atoms with van der Waals surface area (Å²) in [4.78, 5) is 11.2. The molecule has 15 heavy (non-hydrogen) atoms. The molecule has 0 heterocycles. The second-order valence-electron chi connectivity index (χ2n) is 3.71. The van der Waals surface area contributed by atoms with Crippen LogP contribution < -0.4 is 10.6 Å². The van der Waals surface area contributed by atoms with Crippen LogP contribution in [-0.4, -0.2) is 18.6 Å². The zero-order valence-corrected chi connectivity index (χ0v) is 9.21. The first-order valence-corrected chi connectivity index (χ1v) is 5.18. The number of carbonyl (C=O) groups is 1. The molecule has 1 aromatic carbocycles. The second-order valence-corrected chi connectivity index (χ2v) is 3.71. The summed E-state index contributed by atoms with van der Waals surface area (Å²) in [6, 6.07) is 10.8. The van der Waals surface area contributed by atoms with Crippen LogP contribution in [0.4, 0.5) is 4.79 Å². The maximum atomic E-state index is 11.2. The number of hydrogen-bond donors (Lipinski definition) is 2. The summed E-state index contributed by atoms with van der Waals surface area (Å²) in [6.07, 6.45) is 0.847. The standard InChI is InChI=1S/C12H17N2O/c1-10(2)14-12(15)13-9-8-11-6-4-3-5-7-11/h4-7,10H,8-9H2,1-2H3,(H2,13,14,15). The maximum absolute atomic E-state index is 11.2. The van der Waals surface area contributed by atoms with E-state index in [0.29, 0.717) is 6.54 Å². The van der Waals surface area contributed by atoms with Crippen LogP contribution in [0.2, 0.25) is 0 Å². The maximum Gasteiger partial charge on any atom is 0.314 e. The Labute approximate surface area is 90.9 Å². The number of amides is 2. The van der Waals surface area contributed by atoms with Crippen molar-refractivity contribution < 1.29 is 4.79 Å². The first-order chi connectivity index (χ1) is 7.18. The Morgan fingerprint density at radius 3 is 2.67 bits per heavy atom. The molecule has 1 aromatic rings. The van der Waals surface area contributed by atoms with E-state index in [9.17, 15) is 4.79 Å². The van der Waals surface area contributed by atoms with Crippen LogP contribution in [0.3, 0.4) is 0 Å². The lowest BCUT2D eigenvalue weighted by Crippen LogP contribution is -2.40. The molecule has 1 rings (SSSR count). The molecule has 0 spiro atoms. The molecule has 2 N–H and O–H groups in total. The molecular weight excluding hydrogens is 188 g/mol. The SMILES string of the molecule is CC(C)NC(=O)NCCc1cc[c]cc1. The Morgan fingerprint density at radius 1 is 1.40 bits per heavy atom. The lowest BCUT2D eigenvalue weighted by atomic mass is 10.1. The molecule has 3 nitrogen and oxygen atoms in total. The van der Waals surface area contributed by atoms with E-state index in [1.165, 1.54) is 5.56 Å². The van der Waals surface area contributed by atoms with E-state index in [0.717, 1.165) is 6.42 Å². The molecule has 0 fully saturated rings. The Morgan fingerprint density at radius 2 is 2.07 bits per heavy atom. The third-order valence-electron chi connectivity index (χ3n) is 1.91. The molecule has 0 unspecified atom stereocenters. The van der Waals surface area contributed by atoms with Gasteiger partial charge in [-0.25, -0.2) is 4.79 Å². The van der Waals surface area contributed by atoms with Gasteiger partial charge in [-0.2, -0.15) is 0 Å². The van der Waals surface area contributed by atoms with Gasteiger partial charge >= 0.3 is 6.03 Å². The zero-order valence-electron chi connectivity index (χ0n) is 9.21. The molecule has 0 saturated heterocycles. The van der Waals surface area contributed by atoms with E-state index in [1.54, 1.807) is 0 Å². The summed E-state index contributed by atoms with van der Waals surface area (Å²) < 4.78 is 0. The van der Waals surface area contributed by atoms with Crippen LogP contribution in [0.5, 0.6) is 0 Å². The average Bonchev–Trinajstić information content (AvgIpc) is 2.18. The highest BCUT2D eigenvalue weighted by Gasteiger charge is 2.00. The van der Waals surface area contributed by atoms with Crippen molar-refractivity contribution >= 4 is 6.03 Å². The lowest BCUT2D eigenvalue weighted by Gasteiger charge is -2.09. The van der Waals surface area contributed by atoms with Gasteiger partial charge in [0.15, 0.2) is 0 Å². The predicted octanol–water partition coefficient (Wildman–Crippen LogP) is 1.74. The third kappa shape index (κ3) is 5.05. The Kier molecular flexibility index (Phi) is 4.68. The zero-order chi connectivity index (χ0) is 11.1. The van der Waals surface area contributed by atoms with Gasteiger partial charge < -0.3 is 10.6 Å². The van der Waals surface area contributed by atoms with Crippen LogP contribution in [0.25, 0.3) is 0 Å². The topological polar surface area (TPSA) is 41.1 Å². The fourth-order valence-corrected chi connectivity index (χ4v) is 1.22. The molecule has 0 atom stereocenters. The minimum Gasteiger partial charge on any atom is -0.338 e. The van der Waals surface area contributed by atoms with Gasteiger partial charge in [0.2, 0.25) is 0 Å². The van der Waals surface area contributed by atoms with E-state index in [4.69, 9.17) is 0 Å². The van der Waals surface area contributed by atoms with Gasteiger partial charge in [-0.3, -0.25) is 0 Å². The van der Waals surface area contributed by atoms with Crippen molar-refractivity contribution in [1.29, 1.82) is 0 Å². The van der Waals surface area contributed by atoms with Crippen LogP contribution in [0, 0.1) is 6.07 Å². The normalized spacial score (nSPS) is 10.1. The molecule has 81 valence electrons. The quantitative estimate of drug-likeness (QED) is 0.772. The molecule has 0 aliphatic heterocycles. The first-order valence-electron chi connectivity index (χ1n) is 5.18. The molecule has 2 amide bonds. The monoisotopic (exact) mass is 205 g/mol. The molecule has 3 heteroatoms. The lowest BCUT2D eigenvalue weighted by molar-refractivity contribution is 0.238. The number of urea groups is 1. The van der Waals surface area contributed by atoms with Crippen molar-refractivity contribution in [2.75, 3.05) is 6.54 Å². The van der Waals surface area contributed by atoms with Gasteiger partial charge in [0, 0.05) is 12.6 Å². The minimum atomic E-state index is -0.104. The smallest absolute Gasteiger partial charge is 0.314 e. The van der Waals surface area contributed by atoms with Gasteiger partial charge in [-0.05, 0) is 31.9 Å². The fourth-order valence-electron chi connectivity index (χ4n) is 1.22. The number of rotatable bonds is 4. The average molecular weight is 205 g/mol. The van der Waals surface area contributed by atoms with Gasteiger partial charge in [-0.1, -0.05) is 24.3 Å². The van der Waals surface area contributed by atoms with Gasteiger partial charge in [0.25, 0.3) is 0 Å². The molecular formula is C12H17N2O. The van der Waals surface area contributed by atoms with Gasteiger partial charge in [0.05, 0.1) is 0 Å². The second kappa shape index (κ2) is 6.06. The van der Waals surface area contributed by atoms with E-state index in [1.807, 2.05) is 38.1 Å². The number of hydrogen-bond acceptors (Lipinski definition) is 1.